The number of anilines is 1. The maximum absolute atomic E-state index is 5.79. The summed E-state index contributed by atoms with van der Waals surface area (Å²) in [5.74, 6) is 0.760. The zero-order chi connectivity index (χ0) is 13.2. The van der Waals surface area contributed by atoms with E-state index in [4.69, 9.17) is 10.5 Å². The van der Waals surface area contributed by atoms with Crippen molar-refractivity contribution < 1.29 is 4.74 Å². The van der Waals surface area contributed by atoms with Gasteiger partial charge in [-0.3, -0.25) is 9.97 Å². The van der Waals surface area contributed by atoms with Gasteiger partial charge in [0.1, 0.15) is 11.3 Å². The van der Waals surface area contributed by atoms with Gasteiger partial charge in [0.15, 0.2) is 0 Å². The molecular weight excluding hydrogens is 238 g/mol. The number of pyridine rings is 2. The second-order valence-electron chi connectivity index (χ2n) is 4.22. The van der Waals surface area contributed by atoms with E-state index in [1.165, 1.54) is 0 Å². The molecule has 0 bridgehead atoms. The molecule has 3 rings (SSSR count). The number of nitrogen functional groups attached to an aromatic ring is 1. The van der Waals surface area contributed by atoms with Gasteiger partial charge in [0.25, 0.3) is 0 Å². The molecule has 0 aliphatic carbocycles. The van der Waals surface area contributed by atoms with Crippen molar-refractivity contribution in [2.75, 3.05) is 12.8 Å². The molecule has 2 heterocycles. The Morgan fingerprint density at radius 1 is 1.16 bits per heavy atom. The number of ether oxygens (including phenoxy) is 1. The van der Waals surface area contributed by atoms with Crippen molar-refractivity contribution in [2.24, 2.45) is 0 Å². The van der Waals surface area contributed by atoms with E-state index in [9.17, 15) is 0 Å². The molecule has 0 saturated carbocycles. The minimum atomic E-state index is 0.644. The second kappa shape index (κ2) is 4.57. The Hall–Kier alpha value is -2.62. The summed E-state index contributed by atoms with van der Waals surface area (Å²) in [5.41, 5.74) is 9.29. The lowest BCUT2D eigenvalue weighted by Gasteiger charge is -2.09. The molecule has 94 valence electrons. The minimum absolute atomic E-state index is 0.644. The third kappa shape index (κ3) is 1.97. The number of nitrogens with two attached hydrogens (primary N) is 1. The second-order valence-corrected chi connectivity index (χ2v) is 4.22. The predicted octanol–water partition coefficient (Wildman–Crippen LogP) is 2.89. The molecule has 0 aliphatic rings. The number of hydrogen-bond acceptors (Lipinski definition) is 4. The molecule has 0 amide bonds. The van der Waals surface area contributed by atoms with Crippen LogP contribution in [0.2, 0.25) is 0 Å². The molecule has 0 saturated heterocycles. The third-order valence-electron chi connectivity index (χ3n) is 3.02. The normalized spacial score (nSPS) is 10.6. The minimum Gasteiger partial charge on any atom is -0.494 e. The lowest BCUT2D eigenvalue weighted by molar-refractivity contribution is 0.419. The van der Waals surface area contributed by atoms with Crippen LogP contribution in [-0.4, -0.2) is 17.1 Å². The highest BCUT2D eigenvalue weighted by Gasteiger charge is 2.09. The molecular formula is C15H13N3O. The first-order valence-corrected chi connectivity index (χ1v) is 5.92. The Morgan fingerprint density at radius 3 is 2.84 bits per heavy atom. The van der Waals surface area contributed by atoms with Crippen molar-refractivity contribution in [3.63, 3.8) is 0 Å². The van der Waals surface area contributed by atoms with Crippen molar-refractivity contribution in [2.45, 2.75) is 0 Å². The van der Waals surface area contributed by atoms with Gasteiger partial charge in [-0.1, -0.05) is 6.07 Å². The zero-order valence-electron chi connectivity index (χ0n) is 10.5. The van der Waals surface area contributed by atoms with Gasteiger partial charge in [0.2, 0.25) is 0 Å². The summed E-state index contributed by atoms with van der Waals surface area (Å²) in [6, 6.07) is 9.74. The predicted molar refractivity (Wildman–Crippen MR) is 75.9 cm³/mol. The van der Waals surface area contributed by atoms with E-state index in [0.29, 0.717) is 5.69 Å². The Kier molecular flexibility index (Phi) is 2.76. The standard InChI is InChI=1S/C15H13N3O/c1-19-14-5-4-12(10-7-11(16)9-17-8-10)13-3-2-6-18-15(13)14/h2-9H,16H2,1H3. The van der Waals surface area contributed by atoms with E-state index >= 15 is 0 Å². The fraction of sp³-hybridized carbons (Fsp3) is 0.0667. The quantitative estimate of drug-likeness (QED) is 0.760. The average molecular weight is 251 g/mol. The molecule has 2 aromatic heterocycles. The first kappa shape index (κ1) is 11.5. The summed E-state index contributed by atoms with van der Waals surface area (Å²) in [5, 5.41) is 1.02. The molecule has 4 heteroatoms. The largest absolute Gasteiger partial charge is 0.494 e. The summed E-state index contributed by atoms with van der Waals surface area (Å²) < 4.78 is 5.34. The average Bonchev–Trinajstić information content (AvgIpc) is 2.46. The Morgan fingerprint density at radius 2 is 2.05 bits per heavy atom. The van der Waals surface area contributed by atoms with Crippen molar-refractivity contribution in [1.29, 1.82) is 0 Å². The molecule has 2 N–H and O–H groups in total. The topological polar surface area (TPSA) is 61.0 Å². The fourth-order valence-corrected chi connectivity index (χ4v) is 2.17. The van der Waals surface area contributed by atoms with Crippen LogP contribution in [0.3, 0.4) is 0 Å². The highest BCUT2D eigenvalue weighted by atomic mass is 16.5. The maximum Gasteiger partial charge on any atom is 0.145 e. The smallest absolute Gasteiger partial charge is 0.145 e. The number of fused-ring (bicyclic) bond motifs is 1. The molecule has 0 fully saturated rings. The van der Waals surface area contributed by atoms with E-state index < -0.39 is 0 Å². The molecule has 19 heavy (non-hydrogen) atoms. The van der Waals surface area contributed by atoms with Crippen molar-refractivity contribution in [3.8, 4) is 16.9 Å². The van der Waals surface area contributed by atoms with Gasteiger partial charge in [0, 0.05) is 29.5 Å². The summed E-state index contributed by atoms with van der Waals surface area (Å²) >= 11 is 0. The maximum atomic E-state index is 5.79. The number of aromatic nitrogens is 2. The molecule has 0 radical (unpaired) electrons. The number of benzene rings is 1. The van der Waals surface area contributed by atoms with E-state index in [-0.39, 0.29) is 0 Å². The van der Waals surface area contributed by atoms with Gasteiger partial charge < -0.3 is 10.5 Å². The van der Waals surface area contributed by atoms with E-state index in [1.54, 1.807) is 25.7 Å². The molecule has 0 aliphatic heterocycles. The van der Waals surface area contributed by atoms with E-state index in [2.05, 4.69) is 9.97 Å². The van der Waals surface area contributed by atoms with Crippen LogP contribution in [0.15, 0.2) is 48.9 Å². The summed E-state index contributed by atoms with van der Waals surface area (Å²) in [6.45, 7) is 0. The zero-order valence-corrected chi connectivity index (χ0v) is 10.5. The van der Waals surface area contributed by atoms with Gasteiger partial charge >= 0.3 is 0 Å². The van der Waals surface area contributed by atoms with Crippen LogP contribution >= 0.6 is 0 Å². The van der Waals surface area contributed by atoms with Crippen molar-refractivity contribution in [1.82, 2.24) is 9.97 Å². The molecule has 0 spiro atoms. The van der Waals surface area contributed by atoms with Crippen LogP contribution in [0.1, 0.15) is 0 Å². The first-order chi connectivity index (χ1) is 9.29. The number of hydrogen-bond donors (Lipinski definition) is 1. The highest BCUT2D eigenvalue weighted by Crippen LogP contribution is 2.33. The lowest BCUT2D eigenvalue weighted by atomic mass is 10.0. The van der Waals surface area contributed by atoms with E-state index in [1.807, 2.05) is 30.3 Å². The van der Waals surface area contributed by atoms with Crippen molar-refractivity contribution >= 4 is 16.6 Å². The van der Waals surface area contributed by atoms with E-state index in [0.717, 1.165) is 27.8 Å². The number of rotatable bonds is 2. The van der Waals surface area contributed by atoms with Crippen molar-refractivity contribution in [3.05, 3.63) is 48.9 Å². The van der Waals surface area contributed by atoms with Gasteiger partial charge in [-0.05, 0) is 29.8 Å². The van der Waals surface area contributed by atoms with Gasteiger partial charge in [0.05, 0.1) is 12.8 Å². The number of nitrogens with zero attached hydrogens (tertiary/aromatic N) is 2. The molecule has 0 atom stereocenters. The van der Waals surface area contributed by atoms with Crippen LogP contribution in [0.4, 0.5) is 5.69 Å². The highest BCUT2D eigenvalue weighted by molar-refractivity contribution is 5.97. The first-order valence-electron chi connectivity index (χ1n) is 5.92. The summed E-state index contributed by atoms with van der Waals surface area (Å²) in [4.78, 5) is 8.52. The Balaban J connectivity index is 2.31. The molecule has 0 unspecified atom stereocenters. The molecule has 3 aromatic rings. The Bertz CT molecular complexity index is 740. The SMILES string of the molecule is COc1ccc(-c2cncc(N)c2)c2cccnc12. The van der Waals surface area contributed by atoms with Crippen LogP contribution in [0.5, 0.6) is 5.75 Å². The summed E-state index contributed by atoms with van der Waals surface area (Å²) in [7, 11) is 1.64. The lowest BCUT2D eigenvalue weighted by Crippen LogP contribution is -1.91. The Labute approximate surface area is 110 Å². The van der Waals surface area contributed by atoms with Crippen LogP contribution < -0.4 is 10.5 Å². The van der Waals surface area contributed by atoms with Gasteiger partial charge in [-0.2, -0.15) is 0 Å². The van der Waals surface area contributed by atoms with Crippen LogP contribution in [-0.2, 0) is 0 Å². The van der Waals surface area contributed by atoms with Crippen LogP contribution in [0.25, 0.3) is 22.0 Å². The summed E-state index contributed by atoms with van der Waals surface area (Å²) in [6.07, 6.45) is 5.18. The number of methoxy groups -OCH3 is 1. The van der Waals surface area contributed by atoms with Gasteiger partial charge in [-0.15, -0.1) is 0 Å². The van der Waals surface area contributed by atoms with Crippen LogP contribution in [0, 0.1) is 0 Å². The third-order valence-corrected chi connectivity index (χ3v) is 3.02. The molecule has 1 aromatic carbocycles. The van der Waals surface area contributed by atoms with Gasteiger partial charge in [-0.25, -0.2) is 0 Å². The fourth-order valence-electron chi connectivity index (χ4n) is 2.17. The molecule has 4 nitrogen and oxygen atoms in total. The monoisotopic (exact) mass is 251 g/mol.